The van der Waals surface area contributed by atoms with Crippen molar-refractivity contribution in [2.24, 2.45) is 0 Å². The molecule has 3 heteroatoms. The molecule has 21 heavy (non-hydrogen) atoms. The van der Waals surface area contributed by atoms with Crippen LogP contribution in [0.2, 0.25) is 0 Å². The zero-order valence-corrected chi connectivity index (χ0v) is 14.0. The molecule has 0 aliphatic heterocycles. The van der Waals surface area contributed by atoms with Gasteiger partial charge < -0.3 is 10.1 Å². The molecule has 1 saturated carbocycles. The molecule has 0 amide bonds. The van der Waals surface area contributed by atoms with Crippen LogP contribution in [-0.4, -0.2) is 17.6 Å². The van der Waals surface area contributed by atoms with Crippen molar-refractivity contribution >= 4 is 0 Å². The van der Waals surface area contributed by atoms with E-state index in [0.717, 1.165) is 24.7 Å². The van der Waals surface area contributed by atoms with Gasteiger partial charge in [-0.2, -0.15) is 0 Å². The molecule has 1 aromatic heterocycles. The van der Waals surface area contributed by atoms with Gasteiger partial charge in [-0.3, -0.25) is 0 Å². The van der Waals surface area contributed by atoms with E-state index in [-0.39, 0.29) is 5.41 Å². The maximum atomic E-state index is 6.17. The summed E-state index contributed by atoms with van der Waals surface area (Å²) < 4.78 is 6.17. The fourth-order valence-electron chi connectivity index (χ4n) is 2.73. The predicted octanol–water partition coefficient (Wildman–Crippen LogP) is 4.20. The summed E-state index contributed by atoms with van der Waals surface area (Å²) in [6.07, 6.45) is 6.62. The summed E-state index contributed by atoms with van der Waals surface area (Å²) in [6.45, 7) is 10.6. The average molecular weight is 290 g/mol. The number of hydrogen-bond acceptors (Lipinski definition) is 3. The third kappa shape index (κ3) is 4.99. The lowest BCUT2D eigenvalue weighted by molar-refractivity contribution is 0.148. The van der Waals surface area contributed by atoms with Crippen molar-refractivity contribution in [2.45, 2.75) is 77.9 Å². The van der Waals surface area contributed by atoms with E-state index in [1.165, 1.54) is 37.7 Å². The largest absolute Gasteiger partial charge is 0.474 e. The van der Waals surface area contributed by atoms with Crippen LogP contribution < -0.4 is 10.1 Å². The lowest BCUT2D eigenvalue weighted by atomic mass is 9.91. The molecule has 1 fully saturated rings. The molecule has 1 heterocycles. The fraction of sp³-hybridized carbons (Fsp3) is 0.722. The number of rotatable bonds is 5. The highest BCUT2D eigenvalue weighted by Crippen LogP contribution is 2.27. The zero-order valence-electron chi connectivity index (χ0n) is 14.0. The Morgan fingerprint density at radius 3 is 2.52 bits per heavy atom. The number of hydrogen-bond donors (Lipinski definition) is 1. The molecule has 1 aromatic rings. The minimum atomic E-state index is 0.0485. The molecule has 0 bridgehead atoms. The molecule has 0 saturated heterocycles. The lowest BCUT2D eigenvalue weighted by Gasteiger charge is -2.25. The normalized spacial score (nSPS) is 17.0. The van der Waals surface area contributed by atoms with Gasteiger partial charge in [0.15, 0.2) is 0 Å². The van der Waals surface area contributed by atoms with Crippen LogP contribution in [0.3, 0.4) is 0 Å². The summed E-state index contributed by atoms with van der Waals surface area (Å²) in [5.74, 6) is 0.808. The molecule has 3 nitrogen and oxygen atoms in total. The summed E-state index contributed by atoms with van der Waals surface area (Å²) in [4.78, 5) is 4.76. The molecule has 0 spiro atoms. The van der Waals surface area contributed by atoms with Crippen LogP contribution in [0.25, 0.3) is 0 Å². The van der Waals surface area contributed by atoms with Gasteiger partial charge in [0.2, 0.25) is 5.88 Å². The van der Waals surface area contributed by atoms with Crippen LogP contribution in [0, 0.1) is 0 Å². The number of nitrogens with zero attached hydrogens (tertiary/aromatic N) is 1. The molecule has 118 valence electrons. The van der Waals surface area contributed by atoms with Crippen LogP contribution >= 0.6 is 0 Å². The maximum absolute atomic E-state index is 6.17. The van der Waals surface area contributed by atoms with Crippen LogP contribution in [0.1, 0.15) is 71.1 Å². The van der Waals surface area contributed by atoms with Gasteiger partial charge in [0.05, 0.1) is 5.69 Å². The van der Waals surface area contributed by atoms with Gasteiger partial charge >= 0.3 is 0 Å². The third-order valence-electron chi connectivity index (χ3n) is 4.05. The van der Waals surface area contributed by atoms with Crippen LogP contribution in [0.4, 0.5) is 0 Å². The number of aromatic nitrogens is 1. The average Bonchev–Trinajstić information content (AvgIpc) is 2.45. The maximum Gasteiger partial charge on any atom is 0.214 e. The van der Waals surface area contributed by atoms with Gasteiger partial charge in [-0.1, -0.05) is 34.1 Å². The summed E-state index contributed by atoms with van der Waals surface area (Å²) in [7, 11) is 0. The Labute approximate surface area is 129 Å². The first-order valence-corrected chi connectivity index (χ1v) is 8.38. The third-order valence-corrected chi connectivity index (χ3v) is 4.05. The van der Waals surface area contributed by atoms with Crippen molar-refractivity contribution in [2.75, 3.05) is 6.54 Å². The monoisotopic (exact) mass is 290 g/mol. The molecular formula is C18H30N2O. The summed E-state index contributed by atoms with van der Waals surface area (Å²) in [6, 6.07) is 4.31. The van der Waals surface area contributed by atoms with E-state index in [2.05, 4.69) is 45.1 Å². The fourth-order valence-corrected chi connectivity index (χ4v) is 2.73. The van der Waals surface area contributed by atoms with Gasteiger partial charge in [0.25, 0.3) is 0 Å². The smallest absolute Gasteiger partial charge is 0.214 e. The van der Waals surface area contributed by atoms with Gasteiger partial charge in [0.1, 0.15) is 6.10 Å². The van der Waals surface area contributed by atoms with E-state index in [1.54, 1.807) is 0 Å². The van der Waals surface area contributed by atoms with E-state index in [9.17, 15) is 0 Å². The van der Waals surface area contributed by atoms with Crippen molar-refractivity contribution in [3.05, 3.63) is 23.4 Å². The number of nitrogens with one attached hydrogen (secondary N) is 1. The quantitative estimate of drug-likeness (QED) is 0.882. The summed E-state index contributed by atoms with van der Waals surface area (Å²) in [5.41, 5.74) is 2.43. The molecule has 0 radical (unpaired) electrons. The Kier molecular flexibility index (Phi) is 5.63. The van der Waals surface area contributed by atoms with Gasteiger partial charge in [-0.25, -0.2) is 4.98 Å². The summed E-state index contributed by atoms with van der Waals surface area (Å²) in [5, 5.41) is 3.39. The zero-order chi connectivity index (χ0) is 15.3. The Morgan fingerprint density at radius 1 is 1.19 bits per heavy atom. The predicted molar refractivity (Wildman–Crippen MR) is 87.8 cm³/mol. The molecule has 1 aliphatic rings. The van der Waals surface area contributed by atoms with Crippen LogP contribution in [0.5, 0.6) is 5.88 Å². The van der Waals surface area contributed by atoms with Crippen molar-refractivity contribution in [1.29, 1.82) is 0 Å². The molecular weight excluding hydrogens is 260 g/mol. The first kappa shape index (κ1) is 16.3. The molecule has 0 aromatic carbocycles. The topological polar surface area (TPSA) is 34.1 Å². The SMILES string of the molecule is CCNCc1cc(OC2CCCCC2)nc(C(C)(C)C)c1. The second kappa shape index (κ2) is 7.26. The number of pyridine rings is 1. The van der Waals surface area contributed by atoms with Crippen molar-refractivity contribution < 1.29 is 4.74 Å². The molecule has 0 unspecified atom stereocenters. The van der Waals surface area contributed by atoms with Crippen molar-refractivity contribution in [1.82, 2.24) is 10.3 Å². The Hall–Kier alpha value is -1.09. The Morgan fingerprint density at radius 2 is 1.90 bits per heavy atom. The second-order valence-electron chi connectivity index (χ2n) is 7.11. The van der Waals surface area contributed by atoms with E-state index in [0.29, 0.717) is 6.10 Å². The van der Waals surface area contributed by atoms with Crippen LogP contribution in [0.15, 0.2) is 12.1 Å². The van der Waals surface area contributed by atoms with Gasteiger partial charge in [-0.05, 0) is 43.9 Å². The summed E-state index contributed by atoms with van der Waals surface area (Å²) >= 11 is 0. The highest BCUT2D eigenvalue weighted by Gasteiger charge is 2.20. The van der Waals surface area contributed by atoms with E-state index in [1.807, 2.05) is 0 Å². The van der Waals surface area contributed by atoms with Gasteiger partial charge in [0, 0.05) is 18.0 Å². The molecule has 0 atom stereocenters. The minimum Gasteiger partial charge on any atom is -0.474 e. The van der Waals surface area contributed by atoms with E-state index in [4.69, 9.17) is 9.72 Å². The highest BCUT2D eigenvalue weighted by atomic mass is 16.5. The molecule has 1 aliphatic carbocycles. The first-order chi connectivity index (χ1) is 9.99. The first-order valence-electron chi connectivity index (χ1n) is 8.38. The number of ether oxygens (including phenoxy) is 1. The molecule has 2 rings (SSSR count). The minimum absolute atomic E-state index is 0.0485. The van der Waals surface area contributed by atoms with Crippen molar-refractivity contribution in [3.8, 4) is 5.88 Å². The van der Waals surface area contributed by atoms with Crippen LogP contribution in [-0.2, 0) is 12.0 Å². The second-order valence-corrected chi connectivity index (χ2v) is 7.11. The molecule has 1 N–H and O–H groups in total. The Bertz CT molecular complexity index is 445. The van der Waals surface area contributed by atoms with Gasteiger partial charge in [-0.15, -0.1) is 0 Å². The lowest BCUT2D eigenvalue weighted by Crippen LogP contribution is -2.22. The van der Waals surface area contributed by atoms with E-state index >= 15 is 0 Å². The van der Waals surface area contributed by atoms with Crippen molar-refractivity contribution in [3.63, 3.8) is 0 Å². The highest BCUT2D eigenvalue weighted by molar-refractivity contribution is 5.28. The Balaban J connectivity index is 2.17. The van der Waals surface area contributed by atoms with E-state index < -0.39 is 0 Å². The standard InChI is InChI=1S/C18H30N2O/c1-5-19-13-14-11-16(18(2,3)4)20-17(12-14)21-15-9-7-6-8-10-15/h11-12,15,19H,5-10,13H2,1-4H3.